The van der Waals surface area contributed by atoms with Gasteiger partial charge in [0.1, 0.15) is 10.7 Å². The highest BCUT2D eigenvalue weighted by Gasteiger charge is 2.16. The Hall–Kier alpha value is -1.47. The van der Waals surface area contributed by atoms with Crippen LogP contribution < -0.4 is 10.5 Å². The van der Waals surface area contributed by atoms with E-state index in [0.29, 0.717) is 5.56 Å². The molecule has 1 rings (SSSR count). The van der Waals surface area contributed by atoms with Crippen molar-refractivity contribution in [2.24, 2.45) is 5.14 Å². The van der Waals surface area contributed by atoms with Crippen LogP contribution in [0.1, 0.15) is 12.5 Å². The zero-order chi connectivity index (χ0) is 12.5. The van der Waals surface area contributed by atoms with Crippen molar-refractivity contribution in [3.63, 3.8) is 0 Å². The Labute approximate surface area is 92.5 Å². The molecular weight excluding hydrogens is 235 g/mol. The smallest absolute Gasteiger partial charge is 0.240 e. The predicted octanol–water partition coefficient (Wildman–Crippen LogP) is 0.740. The van der Waals surface area contributed by atoms with Gasteiger partial charge in [-0.2, -0.15) is 0 Å². The van der Waals surface area contributed by atoms with Crippen LogP contribution in [-0.2, 0) is 14.8 Å². The van der Waals surface area contributed by atoms with Gasteiger partial charge in [0.2, 0.25) is 15.9 Å². The molecule has 0 saturated heterocycles. The first kappa shape index (κ1) is 12.6. The molecule has 0 aliphatic heterocycles. The number of nitrogens with one attached hydrogen (secondary N) is 1. The zero-order valence-electron chi connectivity index (χ0n) is 8.74. The van der Waals surface area contributed by atoms with Crippen LogP contribution in [0.2, 0.25) is 0 Å². The summed E-state index contributed by atoms with van der Waals surface area (Å²) < 4.78 is 35.3. The van der Waals surface area contributed by atoms with Gasteiger partial charge in [-0.3, -0.25) is 4.79 Å². The summed E-state index contributed by atoms with van der Waals surface area (Å²) in [6.07, 6.45) is 0. The van der Waals surface area contributed by atoms with E-state index in [9.17, 15) is 17.6 Å². The van der Waals surface area contributed by atoms with Crippen LogP contribution in [0.3, 0.4) is 0 Å². The standard InChI is InChI=1S/C9H11FN2O3S/c1-5-3-9(16(11,14)15)7(10)4-8(5)12-6(2)13/h3-4H,1-2H3,(H,12,13)(H2,11,14,15). The van der Waals surface area contributed by atoms with Gasteiger partial charge in [-0.1, -0.05) is 0 Å². The normalized spacial score (nSPS) is 11.2. The molecule has 1 amide bonds. The number of nitrogens with two attached hydrogens (primary N) is 1. The summed E-state index contributed by atoms with van der Waals surface area (Å²) in [5.41, 5.74) is 0.637. The van der Waals surface area contributed by atoms with Crippen LogP contribution in [-0.4, -0.2) is 14.3 Å². The summed E-state index contributed by atoms with van der Waals surface area (Å²) in [7, 11) is -4.09. The largest absolute Gasteiger partial charge is 0.326 e. The maximum Gasteiger partial charge on any atom is 0.240 e. The van der Waals surface area contributed by atoms with E-state index in [-0.39, 0.29) is 11.6 Å². The second-order valence-corrected chi connectivity index (χ2v) is 4.85. The molecule has 0 radical (unpaired) electrons. The van der Waals surface area contributed by atoms with Crippen LogP contribution in [0.25, 0.3) is 0 Å². The van der Waals surface area contributed by atoms with Crippen LogP contribution in [0.5, 0.6) is 0 Å². The molecule has 0 aromatic heterocycles. The van der Waals surface area contributed by atoms with E-state index in [1.807, 2.05) is 0 Å². The molecule has 0 atom stereocenters. The minimum Gasteiger partial charge on any atom is -0.326 e. The average molecular weight is 246 g/mol. The van der Waals surface area contributed by atoms with E-state index in [0.717, 1.165) is 12.1 Å². The fourth-order valence-corrected chi connectivity index (χ4v) is 1.87. The van der Waals surface area contributed by atoms with Gasteiger partial charge in [0.15, 0.2) is 0 Å². The highest BCUT2D eigenvalue weighted by atomic mass is 32.2. The lowest BCUT2D eigenvalue weighted by Gasteiger charge is -2.09. The summed E-state index contributed by atoms with van der Waals surface area (Å²) in [5, 5.41) is 7.20. The molecule has 0 unspecified atom stereocenters. The zero-order valence-corrected chi connectivity index (χ0v) is 9.56. The number of primary sulfonamides is 1. The third kappa shape index (κ3) is 2.77. The molecule has 0 fully saturated rings. The highest BCUT2D eigenvalue weighted by molar-refractivity contribution is 7.89. The van der Waals surface area contributed by atoms with E-state index in [4.69, 9.17) is 5.14 Å². The number of sulfonamides is 1. The number of amides is 1. The maximum atomic E-state index is 13.4. The molecule has 0 bridgehead atoms. The first-order valence-corrected chi connectivity index (χ1v) is 5.87. The highest BCUT2D eigenvalue weighted by Crippen LogP contribution is 2.22. The Bertz CT molecular complexity index is 540. The van der Waals surface area contributed by atoms with Gasteiger partial charge < -0.3 is 5.32 Å². The van der Waals surface area contributed by atoms with E-state index in [1.54, 1.807) is 6.92 Å². The fraction of sp³-hybridized carbons (Fsp3) is 0.222. The summed E-state index contributed by atoms with van der Waals surface area (Å²) in [6.45, 7) is 2.81. The third-order valence-corrected chi connectivity index (χ3v) is 2.82. The summed E-state index contributed by atoms with van der Waals surface area (Å²) in [5.74, 6) is -1.36. The lowest BCUT2D eigenvalue weighted by atomic mass is 10.2. The van der Waals surface area contributed by atoms with E-state index >= 15 is 0 Å². The van der Waals surface area contributed by atoms with Gasteiger partial charge in [0.05, 0.1) is 0 Å². The van der Waals surface area contributed by atoms with Crippen LogP contribution in [0, 0.1) is 12.7 Å². The van der Waals surface area contributed by atoms with Gasteiger partial charge in [-0.15, -0.1) is 0 Å². The van der Waals surface area contributed by atoms with Crippen molar-refractivity contribution < 1.29 is 17.6 Å². The molecule has 1 aromatic carbocycles. The van der Waals surface area contributed by atoms with Gasteiger partial charge >= 0.3 is 0 Å². The number of halogens is 1. The molecular formula is C9H11FN2O3S. The van der Waals surface area contributed by atoms with Crippen molar-refractivity contribution in [2.45, 2.75) is 18.7 Å². The van der Waals surface area contributed by atoms with Gasteiger partial charge in [0.25, 0.3) is 0 Å². The monoisotopic (exact) mass is 246 g/mol. The van der Waals surface area contributed by atoms with Crippen molar-refractivity contribution in [3.8, 4) is 0 Å². The molecule has 0 aliphatic rings. The SMILES string of the molecule is CC(=O)Nc1cc(F)c(S(N)(=O)=O)cc1C. The number of carbonyl (C=O) groups excluding carboxylic acids is 1. The fourth-order valence-electron chi connectivity index (χ4n) is 1.20. The van der Waals surface area contributed by atoms with Gasteiger partial charge in [0, 0.05) is 12.6 Å². The van der Waals surface area contributed by atoms with Crippen molar-refractivity contribution in [1.29, 1.82) is 0 Å². The molecule has 0 heterocycles. The topological polar surface area (TPSA) is 89.3 Å². The van der Waals surface area contributed by atoms with E-state index < -0.39 is 20.7 Å². The predicted molar refractivity (Wildman–Crippen MR) is 56.8 cm³/mol. The number of hydrogen-bond acceptors (Lipinski definition) is 3. The second-order valence-electron chi connectivity index (χ2n) is 3.32. The Morgan fingerprint density at radius 3 is 2.44 bits per heavy atom. The molecule has 16 heavy (non-hydrogen) atoms. The Morgan fingerprint density at radius 2 is 2.00 bits per heavy atom. The Balaban J connectivity index is 3.33. The summed E-state index contributed by atoms with van der Waals surface area (Å²) >= 11 is 0. The quantitative estimate of drug-likeness (QED) is 0.806. The van der Waals surface area contributed by atoms with Crippen LogP contribution >= 0.6 is 0 Å². The van der Waals surface area contributed by atoms with E-state index in [1.165, 1.54) is 6.92 Å². The van der Waals surface area contributed by atoms with Crippen molar-refractivity contribution in [3.05, 3.63) is 23.5 Å². The second kappa shape index (κ2) is 4.18. The minimum atomic E-state index is -4.09. The number of hydrogen-bond donors (Lipinski definition) is 2. The van der Waals surface area contributed by atoms with Crippen molar-refractivity contribution in [2.75, 3.05) is 5.32 Å². The molecule has 0 saturated carbocycles. The molecule has 0 aliphatic carbocycles. The van der Waals surface area contributed by atoms with E-state index in [2.05, 4.69) is 5.32 Å². The number of carbonyl (C=O) groups is 1. The summed E-state index contributed by atoms with van der Waals surface area (Å²) in [6, 6.07) is 2.01. The molecule has 1 aromatic rings. The Kier molecular flexibility index (Phi) is 3.30. The molecule has 0 spiro atoms. The van der Waals surface area contributed by atoms with Gasteiger partial charge in [-0.05, 0) is 24.6 Å². The first-order valence-electron chi connectivity index (χ1n) is 4.32. The molecule has 7 heteroatoms. The van der Waals surface area contributed by atoms with Gasteiger partial charge in [-0.25, -0.2) is 17.9 Å². The average Bonchev–Trinajstić information content (AvgIpc) is 2.07. The third-order valence-electron chi connectivity index (χ3n) is 1.90. The Morgan fingerprint density at radius 1 is 1.44 bits per heavy atom. The van der Waals surface area contributed by atoms with Crippen molar-refractivity contribution >= 4 is 21.6 Å². The lowest BCUT2D eigenvalue weighted by Crippen LogP contribution is -2.15. The number of anilines is 1. The molecule has 88 valence electrons. The molecule has 3 N–H and O–H groups in total. The van der Waals surface area contributed by atoms with Crippen LogP contribution in [0.15, 0.2) is 17.0 Å². The number of benzene rings is 1. The summed E-state index contributed by atoms with van der Waals surface area (Å²) in [4.78, 5) is 10.2. The number of rotatable bonds is 2. The maximum absolute atomic E-state index is 13.4. The first-order chi connectivity index (χ1) is 7.21. The minimum absolute atomic E-state index is 0.220. The lowest BCUT2D eigenvalue weighted by molar-refractivity contribution is -0.114. The number of aryl methyl sites for hydroxylation is 1. The molecule has 5 nitrogen and oxygen atoms in total. The van der Waals surface area contributed by atoms with Crippen molar-refractivity contribution in [1.82, 2.24) is 0 Å². The van der Waals surface area contributed by atoms with Crippen LogP contribution in [0.4, 0.5) is 10.1 Å².